The molecule has 0 aromatic carbocycles. The molecule has 0 spiro atoms. The second-order valence-corrected chi connectivity index (χ2v) is 4.02. The lowest BCUT2D eigenvalue weighted by molar-refractivity contribution is -0.166. The van der Waals surface area contributed by atoms with Gasteiger partial charge in [0.1, 0.15) is 5.54 Å². The molecule has 0 unspecified atom stereocenters. The Bertz CT molecular complexity index is 368. The Labute approximate surface area is 90.9 Å². The molecule has 3 N–H and O–H groups in total. The molecule has 1 aliphatic rings. The van der Waals surface area contributed by atoms with Gasteiger partial charge in [0.05, 0.1) is 17.6 Å². The maximum absolute atomic E-state index is 12.6. The molecule has 1 fully saturated rings. The van der Waals surface area contributed by atoms with E-state index in [0.717, 1.165) is 0 Å². The van der Waals surface area contributed by atoms with Crippen LogP contribution in [0.2, 0.25) is 0 Å². The zero-order valence-corrected chi connectivity index (χ0v) is 8.51. The van der Waals surface area contributed by atoms with Crippen LogP contribution < -0.4 is 11.1 Å². The molecule has 3 nitrogen and oxygen atoms in total. The molecule has 0 saturated heterocycles. The number of pyridine rings is 1. The van der Waals surface area contributed by atoms with Gasteiger partial charge in [-0.2, -0.15) is 13.2 Å². The van der Waals surface area contributed by atoms with Gasteiger partial charge >= 0.3 is 6.18 Å². The van der Waals surface area contributed by atoms with Crippen molar-refractivity contribution in [3.8, 4) is 0 Å². The van der Waals surface area contributed by atoms with Gasteiger partial charge in [-0.25, -0.2) is 0 Å². The van der Waals surface area contributed by atoms with Gasteiger partial charge in [-0.15, -0.1) is 0 Å². The second-order valence-electron chi connectivity index (χ2n) is 4.02. The lowest BCUT2D eigenvalue weighted by atomic mass is 10.2. The van der Waals surface area contributed by atoms with Crippen molar-refractivity contribution in [3.05, 3.63) is 24.0 Å². The van der Waals surface area contributed by atoms with Crippen LogP contribution in [0.3, 0.4) is 0 Å². The molecule has 1 aromatic heterocycles. The molecular formula is C10H12F3N3. The van der Waals surface area contributed by atoms with E-state index in [-0.39, 0.29) is 19.4 Å². The van der Waals surface area contributed by atoms with Crippen LogP contribution in [0.15, 0.2) is 18.3 Å². The first-order chi connectivity index (χ1) is 7.43. The third kappa shape index (κ3) is 2.11. The largest absolute Gasteiger partial charge is 0.406 e. The predicted molar refractivity (Wildman–Crippen MR) is 53.5 cm³/mol. The van der Waals surface area contributed by atoms with Crippen molar-refractivity contribution in [2.24, 2.45) is 0 Å². The number of nitrogens with zero attached hydrogens (tertiary/aromatic N) is 1. The summed E-state index contributed by atoms with van der Waals surface area (Å²) in [4.78, 5) is 3.94. The number of halogens is 3. The highest BCUT2D eigenvalue weighted by Gasteiger charge is 2.62. The van der Waals surface area contributed by atoms with Gasteiger partial charge in [0.25, 0.3) is 0 Å². The predicted octanol–water partition coefficient (Wildman–Crippen LogP) is 1.85. The molecule has 1 aromatic rings. The van der Waals surface area contributed by atoms with Gasteiger partial charge in [-0.1, -0.05) is 0 Å². The average Bonchev–Trinajstić information content (AvgIpc) is 2.97. The lowest BCUT2D eigenvalue weighted by Crippen LogP contribution is -2.44. The number of hydrogen-bond donors (Lipinski definition) is 2. The number of anilines is 1. The number of aromatic nitrogens is 1. The average molecular weight is 231 g/mol. The number of alkyl halides is 3. The second kappa shape index (κ2) is 3.62. The molecular weight excluding hydrogens is 219 g/mol. The fraction of sp³-hybridized carbons (Fsp3) is 0.500. The lowest BCUT2D eigenvalue weighted by Gasteiger charge is -2.20. The van der Waals surface area contributed by atoms with Crippen molar-refractivity contribution in [2.45, 2.75) is 31.1 Å². The molecule has 0 aliphatic heterocycles. The smallest absolute Gasteiger partial charge is 0.397 e. The summed E-state index contributed by atoms with van der Waals surface area (Å²) in [6.07, 6.45) is -2.46. The van der Waals surface area contributed by atoms with Crippen molar-refractivity contribution in [1.82, 2.24) is 10.3 Å². The first kappa shape index (κ1) is 11.2. The maximum Gasteiger partial charge on any atom is 0.406 e. The monoisotopic (exact) mass is 231 g/mol. The van der Waals surface area contributed by atoms with Crippen LogP contribution in [0.1, 0.15) is 18.5 Å². The van der Waals surface area contributed by atoms with Crippen LogP contribution >= 0.6 is 0 Å². The van der Waals surface area contributed by atoms with Gasteiger partial charge in [0, 0.05) is 6.54 Å². The minimum atomic E-state index is -4.18. The van der Waals surface area contributed by atoms with Crippen LogP contribution in [-0.4, -0.2) is 16.7 Å². The first-order valence-corrected chi connectivity index (χ1v) is 4.95. The highest BCUT2D eigenvalue weighted by molar-refractivity contribution is 5.34. The Hall–Kier alpha value is -1.30. The van der Waals surface area contributed by atoms with E-state index in [0.29, 0.717) is 11.4 Å². The van der Waals surface area contributed by atoms with Gasteiger partial charge in [-0.05, 0) is 25.0 Å². The zero-order valence-electron chi connectivity index (χ0n) is 8.51. The number of nitrogens with two attached hydrogens (primary N) is 1. The number of nitrogen functional groups attached to an aromatic ring is 1. The molecule has 1 aliphatic carbocycles. The van der Waals surface area contributed by atoms with E-state index in [1.165, 1.54) is 6.20 Å². The minimum Gasteiger partial charge on any atom is -0.397 e. The zero-order chi connectivity index (χ0) is 11.8. The van der Waals surface area contributed by atoms with Crippen molar-refractivity contribution in [1.29, 1.82) is 0 Å². The topological polar surface area (TPSA) is 50.9 Å². The summed E-state index contributed by atoms with van der Waals surface area (Å²) in [5.41, 5.74) is 4.80. The molecule has 1 heterocycles. The molecule has 6 heteroatoms. The van der Waals surface area contributed by atoms with Crippen molar-refractivity contribution < 1.29 is 13.2 Å². The summed E-state index contributed by atoms with van der Waals surface area (Å²) in [5, 5.41) is 2.52. The van der Waals surface area contributed by atoms with E-state index < -0.39 is 11.7 Å². The molecule has 1 saturated carbocycles. The standard InChI is InChI=1S/C10H12F3N3/c11-10(12,13)9(3-4-9)16-6-8-2-1-7(14)5-15-8/h1-2,5,16H,3-4,6,14H2. The van der Waals surface area contributed by atoms with E-state index in [1.54, 1.807) is 12.1 Å². The maximum atomic E-state index is 12.6. The number of rotatable bonds is 3. The molecule has 88 valence electrons. The van der Waals surface area contributed by atoms with Crippen LogP contribution in [0.5, 0.6) is 0 Å². The van der Waals surface area contributed by atoms with Crippen LogP contribution in [-0.2, 0) is 6.54 Å². The molecule has 0 amide bonds. The van der Waals surface area contributed by atoms with E-state index in [2.05, 4.69) is 10.3 Å². The van der Waals surface area contributed by atoms with Gasteiger partial charge in [0.2, 0.25) is 0 Å². The normalized spacial score (nSPS) is 18.4. The Morgan fingerprint density at radius 2 is 2.06 bits per heavy atom. The SMILES string of the molecule is Nc1ccc(CNC2(C(F)(F)F)CC2)nc1. The summed E-state index contributed by atoms with van der Waals surface area (Å²) in [5.74, 6) is 0. The fourth-order valence-electron chi connectivity index (χ4n) is 1.49. The third-order valence-corrected chi connectivity index (χ3v) is 2.75. The Kier molecular flexibility index (Phi) is 2.53. The van der Waals surface area contributed by atoms with Crippen LogP contribution in [0, 0.1) is 0 Å². The molecule has 0 radical (unpaired) electrons. The summed E-state index contributed by atoms with van der Waals surface area (Å²) >= 11 is 0. The molecule has 0 bridgehead atoms. The van der Waals surface area contributed by atoms with Gasteiger partial charge in [0.15, 0.2) is 0 Å². The van der Waals surface area contributed by atoms with E-state index in [1.807, 2.05) is 0 Å². The quantitative estimate of drug-likeness (QED) is 0.834. The van der Waals surface area contributed by atoms with Crippen molar-refractivity contribution in [2.75, 3.05) is 5.73 Å². The highest BCUT2D eigenvalue weighted by atomic mass is 19.4. The number of hydrogen-bond acceptors (Lipinski definition) is 3. The minimum absolute atomic E-state index is 0.111. The van der Waals surface area contributed by atoms with Crippen molar-refractivity contribution in [3.63, 3.8) is 0 Å². The van der Waals surface area contributed by atoms with E-state index in [9.17, 15) is 13.2 Å². The Balaban J connectivity index is 1.96. The van der Waals surface area contributed by atoms with Crippen LogP contribution in [0.25, 0.3) is 0 Å². The summed E-state index contributed by atoms with van der Waals surface area (Å²) < 4.78 is 37.7. The highest BCUT2D eigenvalue weighted by Crippen LogP contribution is 2.48. The fourth-order valence-corrected chi connectivity index (χ4v) is 1.49. The summed E-state index contributed by atoms with van der Waals surface area (Å²) in [6, 6.07) is 3.24. The summed E-state index contributed by atoms with van der Waals surface area (Å²) in [6.45, 7) is 0.111. The van der Waals surface area contributed by atoms with E-state index >= 15 is 0 Å². The van der Waals surface area contributed by atoms with Crippen LogP contribution in [0.4, 0.5) is 18.9 Å². The summed E-state index contributed by atoms with van der Waals surface area (Å²) in [7, 11) is 0. The Morgan fingerprint density at radius 3 is 2.50 bits per heavy atom. The molecule has 0 atom stereocenters. The molecule has 2 rings (SSSR count). The number of nitrogens with one attached hydrogen (secondary N) is 1. The van der Waals surface area contributed by atoms with E-state index in [4.69, 9.17) is 5.73 Å². The first-order valence-electron chi connectivity index (χ1n) is 4.95. The van der Waals surface area contributed by atoms with Gasteiger partial charge in [-0.3, -0.25) is 10.3 Å². The van der Waals surface area contributed by atoms with Crippen molar-refractivity contribution >= 4 is 5.69 Å². The molecule has 16 heavy (non-hydrogen) atoms. The third-order valence-electron chi connectivity index (χ3n) is 2.75. The van der Waals surface area contributed by atoms with Gasteiger partial charge < -0.3 is 5.73 Å². The Morgan fingerprint density at radius 1 is 1.38 bits per heavy atom.